The van der Waals surface area contributed by atoms with Crippen LogP contribution in [0.15, 0.2) is 18.2 Å². The van der Waals surface area contributed by atoms with Crippen molar-refractivity contribution >= 4 is 46.4 Å². The summed E-state index contributed by atoms with van der Waals surface area (Å²) in [6.07, 6.45) is 1.16. The Morgan fingerprint density at radius 2 is 2.29 bits per heavy atom. The fourth-order valence-electron chi connectivity index (χ4n) is 2.10. The molecule has 1 heterocycles. The molecule has 0 aromatic heterocycles. The molecule has 114 valence electrons. The van der Waals surface area contributed by atoms with Gasteiger partial charge in [-0.15, -0.1) is 0 Å². The molecule has 2 rings (SSSR count). The van der Waals surface area contributed by atoms with Gasteiger partial charge in [-0.3, -0.25) is 4.90 Å². The van der Waals surface area contributed by atoms with Crippen LogP contribution in [0.1, 0.15) is 13.8 Å². The second-order valence-electron chi connectivity index (χ2n) is 4.92. The monoisotopic (exact) mass is 328 g/mol. The molecule has 1 aromatic rings. The van der Waals surface area contributed by atoms with E-state index in [1.54, 1.807) is 31.7 Å². The first-order valence-electron chi connectivity index (χ1n) is 6.53. The zero-order chi connectivity index (χ0) is 15.6. The molecule has 0 bridgehead atoms. The summed E-state index contributed by atoms with van der Waals surface area (Å²) in [4.78, 5) is 14.4. The first kappa shape index (κ1) is 16.0. The van der Waals surface area contributed by atoms with Gasteiger partial charge >= 0.3 is 6.09 Å². The van der Waals surface area contributed by atoms with Gasteiger partial charge in [0.2, 0.25) is 0 Å². The van der Waals surface area contributed by atoms with Gasteiger partial charge in [-0.2, -0.15) is 11.8 Å². The van der Waals surface area contributed by atoms with Gasteiger partial charge in [0.15, 0.2) is 0 Å². The van der Waals surface area contributed by atoms with Gasteiger partial charge in [0.25, 0.3) is 0 Å². The molecule has 1 amide bonds. The molecular weight excluding hydrogens is 311 g/mol. The van der Waals surface area contributed by atoms with Crippen LogP contribution in [0.4, 0.5) is 20.6 Å². The van der Waals surface area contributed by atoms with Crippen molar-refractivity contribution in [3.63, 3.8) is 0 Å². The largest absolute Gasteiger partial charge is 0.446 e. The van der Waals surface area contributed by atoms with E-state index >= 15 is 0 Å². The van der Waals surface area contributed by atoms with Gasteiger partial charge in [-0.25, -0.2) is 9.18 Å². The summed E-state index contributed by atoms with van der Waals surface area (Å²) in [5.74, 6) is 0.197. The Bertz CT molecular complexity index is 566. The van der Waals surface area contributed by atoms with E-state index in [1.165, 1.54) is 17.0 Å². The number of halogens is 1. The van der Waals surface area contributed by atoms with E-state index in [9.17, 15) is 9.18 Å². The smallest absolute Gasteiger partial charge is 0.415 e. The number of rotatable bonds is 3. The fraction of sp³-hybridized carbons (Fsp3) is 0.429. The number of amides is 1. The van der Waals surface area contributed by atoms with Crippen LogP contribution < -0.4 is 10.2 Å². The van der Waals surface area contributed by atoms with Crippen molar-refractivity contribution in [3.05, 3.63) is 24.0 Å². The third-order valence-electron chi connectivity index (χ3n) is 2.95. The summed E-state index contributed by atoms with van der Waals surface area (Å²) in [6.45, 7) is 3.54. The molecule has 1 N–H and O–H groups in total. The second kappa shape index (κ2) is 6.62. The van der Waals surface area contributed by atoms with E-state index in [0.29, 0.717) is 22.1 Å². The molecule has 7 heteroatoms. The zero-order valence-electron chi connectivity index (χ0n) is 12.1. The number of anilines is 2. The number of hydrogen-bond donors (Lipinski definition) is 1. The lowest BCUT2D eigenvalue weighted by Gasteiger charge is -2.37. The van der Waals surface area contributed by atoms with Crippen LogP contribution in [0.3, 0.4) is 0 Å². The van der Waals surface area contributed by atoms with E-state index in [4.69, 9.17) is 17.0 Å². The van der Waals surface area contributed by atoms with E-state index in [0.717, 1.165) is 0 Å². The van der Waals surface area contributed by atoms with Gasteiger partial charge in [-0.05, 0) is 38.3 Å². The highest BCUT2D eigenvalue weighted by Crippen LogP contribution is 2.34. The Kier molecular flexibility index (Phi) is 5.05. The number of nitrogens with one attached hydrogen (secondary N) is 1. The van der Waals surface area contributed by atoms with Gasteiger partial charge in [0.05, 0.1) is 23.5 Å². The molecule has 1 aliphatic heterocycles. The number of thioether (sulfide) groups is 1. The first-order chi connectivity index (χ1) is 9.93. The lowest BCUT2D eigenvalue weighted by atomic mass is 10.1. The van der Waals surface area contributed by atoms with Crippen molar-refractivity contribution in [2.75, 3.05) is 22.2 Å². The fourth-order valence-corrected chi connectivity index (χ4v) is 3.14. The van der Waals surface area contributed by atoms with Crippen LogP contribution in [0, 0.1) is 5.82 Å². The summed E-state index contributed by atoms with van der Waals surface area (Å²) in [5.41, 5.74) is 1.06. The lowest BCUT2D eigenvalue weighted by molar-refractivity contribution is 0.122. The number of carbonyl (C=O) groups is 1. The topological polar surface area (TPSA) is 41.6 Å². The van der Waals surface area contributed by atoms with Gasteiger partial charge in [-0.1, -0.05) is 12.2 Å². The normalized spacial score (nSPS) is 17.5. The molecule has 0 saturated heterocycles. The minimum absolute atomic E-state index is 0.257. The van der Waals surface area contributed by atoms with Crippen molar-refractivity contribution in [2.24, 2.45) is 0 Å². The molecule has 0 aliphatic carbocycles. The highest BCUT2D eigenvalue weighted by molar-refractivity contribution is 7.98. The number of fused-ring (bicyclic) bond motifs is 1. The Morgan fingerprint density at radius 3 is 2.90 bits per heavy atom. The van der Waals surface area contributed by atoms with Crippen LogP contribution in [-0.2, 0) is 4.74 Å². The maximum Gasteiger partial charge on any atom is 0.415 e. The second-order valence-corrected chi connectivity index (χ2v) is 6.27. The van der Waals surface area contributed by atoms with Crippen molar-refractivity contribution in [2.45, 2.75) is 26.0 Å². The average molecular weight is 328 g/mol. The number of benzene rings is 1. The molecular formula is C14H17FN2O2S2. The van der Waals surface area contributed by atoms with E-state index < -0.39 is 11.9 Å². The molecule has 0 radical (unpaired) electrons. The number of hydrogen-bond acceptors (Lipinski definition) is 4. The predicted octanol–water partition coefficient (Wildman–Crippen LogP) is 3.66. The SMILES string of the molecule is CSC[C@H]1C(=S)Nc2ccc(F)cc2N1C(=O)OC(C)C. The minimum atomic E-state index is -0.514. The van der Waals surface area contributed by atoms with E-state index in [-0.39, 0.29) is 12.1 Å². The summed E-state index contributed by atoms with van der Waals surface area (Å²) < 4.78 is 18.8. The Balaban J connectivity index is 2.45. The molecule has 0 fully saturated rings. The standard InChI is InChI=1S/C14H17FN2O2S2/c1-8(2)19-14(18)17-11-6-9(15)4-5-10(11)16-13(20)12(17)7-21-3/h4-6,8,12H,7H2,1-3H3,(H,16,20)/t12-/m0/s1. The maximum atomic E-state index is 13.6. The molecule has 1 atom stereocenters. The van der Waals surface area contributed by atoms with Crippen LogP contribution in [-0.4, -0.2) is 35.2 Å². The number of ether oxygens (including phenoxy) is 1. The van der Waals surface area contributed by atoms with Crippen LogP contribution in [0.5, 0.6) is 0 Å². The van der Waals surface area contributed by atoms with Gasteiger partial charge in [0, 0.05) is 5.75 Å². The number of thiocarbonyl (C=S) groups is 1. The molecule has 0 saturated carbocycles. The quantitative estimate of drug-likeness (QED) is 0.858. The highest BCUT2D eigenvalue weighted by Gasteiger charge is 2.35. The third kappa shape index (κ3) is 3.47. The molecule has 1 aromatic carbocycles. The maximum absolute atomic E-state index is 13.6. The summed E-state index contributed by atoms with van der Waals surface area (Å²) >= 11 is 6.90. The Morgan fingerprint density at radius 1 is 1.57 bits per heavy atom. The van der Waals surface area contributed by atoms with Gasteiger partial charge < -0.3 is 10.1 Å². The van der Waals surface area contributed by atoms with Crippen LogP contribution in [0.2, 0.25) is 0 Å². The van der Waals surface area contributed by atoms with Crippen molar-refractivity contribution in [1.29, 1.82) is 0 Å². The minimum Gasteiger partial charge on any atom is -0.446 e. The number of nitrogens with zero attached hydrogens (tertiary/aromatic N) is 1. The lowest BCUT2D eigenvalue weighted by Crippen LogP contribution is -2.52. The first-order valence-corrected chi connectivity index (χ1v) is 8.33. The van der Waals surface area contributed by atoms with E-state index in [1.807, 2.05) is 6.26 Å². The van der Waals surface area contributed by atoms with Gasteiger partial charge in [0.1, 0.15) is 10.8 Å². The predicted molar refractivity (Wildman–Crippen MR) is 88.9 cm³/mol. The Hall–Kier alpha value is -1.34. The molecule has 0 spiro atoms. The highest BCUT2D eigenvalue weighted by atomic mass is 32.2. The van der Waals surface area contributed by atoms with Crippen molar-refractivity contribution < 1.29 is 13.9 Å². The number of carbonyl (C=O) groups excluding carboxylic acids is 1. The average Bonchev–Trinajstić information content (AvgIpc) is 2.39. The summed E-state index contributed by atoms with van der Waals surface area (Å²) in [6, 6.07) is 3.87. The molecule has 0 unspecified atom stereocenters. The van der Waals surface area contributed by atoms with Crippen LogP contribution >= 0.6 is 24.0 Å². The van der Waals surface area contributed by atoms with Crippen molar-refractivity contribution in [3.8, 4) is 0 Å². The third-order valence-corrected chi connectivity index (χ3v) is 3.97. The summed E-state index contributed by atoms with van der Waals surface area (Å²) in [7, 11) is 0. The van der Waals surface area contributed by atoms with Crippen molar-refractivity contribution in [1.82, 2.24) is 0 Å². The molecule has 4 nitrogen and oxygen atoms in total. The van der Waals surface area contributed by atoms with Crippen LogP contribution in [0.25, 0.3) is 0 Å². The zero-order valence-corrected chi connectivity index (χ0v) is 13.7. The van der Waals surface area contributed by atoms with E-state index in [2.05, 4.69) is 5.32 Å². The molecule has 1 aliphatic rings. The Labute approximate surface area is 133 Å². The summed E-state index contributed by atoms with van der Waals surface area (Å²) in [5, 5.41) is 3.06. The molecule has 21 heavy (non-hydrogen) atoms.